The fraction of sp³-hybridized carbons (Fsp3) is 0.200. The second kappa shape index (κ2) is 3.31. The van der Waals surface area contributed by atoms with Gasteiger partial charge in [0, 0.05) is 0 Å². The van der Waals surface area contributed by atoms with Crippen molar-refractivity contribution in [3.63, 3.8) is 0 Å². The molecular formula is C5H4O5Si2. The standard InChI is InChI=1S/C5H4O5Si2/c6-3-1-7-4-2-8-11-10-12-9-5(3)4/h1,6H,2H2. The third-order valence-corrected chi connectivity index (χ3v) is 2.50. The smallest absolute Gasteiger partial charge is 0.511 e. The van der Waals surface area contributed by atoms with Crippen LogP contribution in [0.5, 0.6) is 11.5 Å². The first-order chi connectivity index (χ1) is 5.88. The summed E-state index contributed by atoms with van der Waals surface area (Å²) < 4.78 is 20.0. The molecule has 62 valence electrons. The van der Waals surface area contributed by atoms with Crippen LogP contribution in [-0.4, -0.2) is 25.1 Å². The van der Waals surface area contributed by atoms with E-state index in [-0.39, 0.29) is 32.4 Å². The molecule has 0 fully saturated rings. The molecule has 4 radical (unpaired) electrons. The summed E-state index contributed by atoms with van der Waals surface area (Å²) in [6, 6.07) is 0. The number of furan rings is 1. The lowest BCUT2D eigenvalue weighted by molar-refractivity contribution is 0.230. The molecule has 5 nitrogen and oxygen atoms in total. The SMILES string of the molecule is Oc1coc2c1O[Si]O[Si]OC2. The van der Waals surface area contributed by atoms with Crippen LogP contribution in [0.1, 0.15) is 5.76 Å². The van der Waals surface area contributed by atoms with Gasteiger partial charge in [0.05, 0.1) is 6.61 Å². The van der Waals surface area contributed by atoms with Crippen LogP contribution in [0.2, 0.25) is 0 Å². The van der Waals surface area contributed by atoms with E-state index in [9.17, 15) is 5.11 Å². The molecule has 0 unspecified atom stereocenters. The number of hydrogen-bond donors (Lipinski definition) is 1. The van der Waals surface area contributed by atoms with Gasteiger partial charge in [-0.15, -0.1) is 0 Å². The lowest BCUT2D eigenvalue weighted by Gasteiger charge is -2.08. The summed E-state index contributed by atoms with van der Waals surface area (Å²) in [7, 11) is -0.205. The Bertz CT molecular complexity index is 273. The van der Waals surface area contributed by atoms with Gasteiger partial charge in [-0.05, 0) is 0 Å². The fourth-order valence-corrected chi connectivity index (χ4v) is 1.82. The van der Waals surface area contributed by atoms with Crippen molar-refractivity contribution in [1.29, 1.82) is 0 Å². The van der Waals surface area contributed by atoms with Crippen LogP contribution < -0.4 is 4.43 Å². The molecule has 0 aliphatic carbocycles. The van der Waals surface area contributed by atoms with E-state index in [2.05, 4.69) is 0 Å². The third kappa shape index (κ3) is 1.39. The number of hydrogen-bond acceptors (Lipinski definition) is 5. The molecule has 7 heteroatoms. The summed E-state index contributed by atoms with van der Waals surface area (Å²) in [4.78, 5) is 0. The van der Waals surface area contributed by atoms with E-state index in [1.54, 1.807) is 0 Å². The molecule has 0 bridgehead atoms. The zero-order valence-corrected chi connectivity index (χ0v) is 7.86. The Morgan fingerprint density at radius 3 is 3.25 bits per heavy atom. The predicted octanol–water partition coefficient (Wildman–Crippen LogP) is -0.0208. The number of aromatic hydroxyl groups is 1. The number of rotatable bonds is 0. The molecule has 0 spiro atoms. The van der Waals surface area contributed by atoms with Crippen LogP contribution in [0, 0.1) is 0 Å². The first-order valence-electron chi connectivity index (χ1n) is 3.11. The average Bonchev–Trinajstić information content (AvgIpc) is 2.31. The van der Waals surface area contributed by atoms with E-state index < -0.39 is 0 Å². The molecule has 1 aliphatic heterocycles. The van der Waals surface area contributed by atoms with Gasteiger partial charge in [-0.3, -0.25) is 0 Å². The van der Waals surface area contributed by atoms with Crippen molar-refractivity contribution in [2.24, 2.45) is 0 Å². The van der Waals surface area contributed by atoms with E-state index in [1.807, 2.05) is 0 Å². The van der Waals surface area contributed by atoms with Crippen molar-refractivity contribution in [1.82, 2.24) is 0 Å². The van der Waals surface area contributed by atoms with Crippen molar-refractivity contribution in [2.45, 2.75) is 6.61 Å². The Morgan fingerprint density at radius 2 is 2.33 bits per heavy atom. The highest BCUT2D eigenvalue weighted by molar-refractivity contribution is 6.35. The Balaban J connectivity index is 2.26. The molecule has 1 aromatic heterocycles. The van der Waals surface area contributed by atoms with Gasteiger partial charge in [-0.2, -0.15) is 0 Å². The molecule has 0 saturated heterocycles. The predicted molar refractivity (Wildman–Crippen MR) is 38.4 cm³/mol. The lowest BCUT2D eigenvalue weighted by atomic mass is 10.4. The van der Waals surface area contributed by atoms with Crippen LogP contribution >= 0.6 is 0 Å². The highest BCUT2D eigenvalue weighted by atomic mass is 28.3. The molecule has 0 amide bonds. The molecule has 2 heterocycles. The minimum atomic E-state index is -0.162. The zero-order valence-electron chi connectivity index (χ0n) is 5.86. The second-order valence-electron chi connectivity index (χ2n) is 2.03. The largest absolute Gasteiger partial charge is 0.513 e. The van der Waals surface area contributed by atoms with Crippen LogP contribution in [-0.2, 0) is 15.1 Å². The maximum Gasteiger partial charge on any atom is 0.511 e. The van der Waals surface area contributed by atoms with Crippen LogP contribution in [0.25, 0.3) is 0 Å². The molecule has 0 atom stereocenters. The van der Waals surface area contributed by atoms with Gasteiger partial charge in [-0.25, -0.2) is 0 Å². The van der Waals surface area contributed by atoms with Gasteiger partial charge in [0.25, 0.3) is 0 Å². The zero-order chi connectivity index (χ0) is 8.39. The normalized spacial score (nSPS) is 17.3. The summed E-state index contributed by atoms with van der Waals surface area (Å²) in [5, 5.41) is 9.19. The van der Waals surface area contributed by atoms with Gasteiger partial charge in [0.1, 0.15) is 6.26 Å². The van der Waals surface area contributed by atoms with Gasteiger partial charge >= 0.3 is 20.0 Å². The molecule has 0 aromatic carbocycles. The molecular weight excluding hydrogens is 196 g/mol. The van der Waals surface area contributed by atoms with Gasteiger partial charge < -0.3 is 22.5 Å². The van der Waals surface area contributed by atoms with Crippen LogP contribution in [0.4, 0.5) is 0 Å². The average molecular weight is 200 g/mol. The Morgan fingerprint density at radius 1 is 1.42 bits per heavy atom. The topological polar surface area (TPSA) is 61.1 Å². The van der Waals surface area contributed by atoms with Crippen LogP contribution in [0.3, 0.4) is 0 Å². The molecule has 2 rings (SSSR count). The summed E-state index contributed by atoms with van der Waals surface area (Å²) >= 11 is 0. The van der Waals surface area contributed by atoms with E-state index in [4.69, 9.17) is 17.4 Å². The van der Waals surface area contributed by atoms with Crippen molar-refractivity contribution in [2.75, 3.05) is 0 Å². The van der Waals surface area contributed by atoms with Crippen molar-refractivity contribution in [3.05, 3.63) is 12.0 Å². The maximum atomic E-state index is 9.19. The molecule has 12 heavy (non-hydrogen) atoms. The summed E-state index contributed by atoms with van der Waals surface area (Å²) in [5.41, 5.74) is 0. The molecule has 1 N–H and O–H groups in total. The van der Waals surface area contributed by atoms with E-state index in [0.29, 0.717) is 11.5 Å². The van der Waals surface area contributed by atoms with E-state index in [1.165, 1.54) is 6.26 Å². The van der Waals surface area contributed by atoms with Crippen molar-refractivity contribution >= 4 is 20.0 Å². The Labute approximate surface area is 73.4 Å². The Hall–Kier alpha value is -0.766. The highest BCUT2D eigenvalue weighted by Crippen LogP contribution is 2.32. The Kier molecular flexibility index (Phi) is 2.17. The van der Waals surface area contributed by atoms with Crippen molar-refractivity contribution < 1.29 is 22.5 Å². The van der Waals surface area contributed by atoms with E-state index in [0.717, 1.165) is 0 Å². The monoisotopic (exact) mass is 200 g/mol. The summed E-state index contributed by atoms with van der Waals surface area (Å²) in [6.07, 6.45) is 1.22. The molecule has 0 saturated carbocycles. The van der Waals surface area contributed by atoms with Crippen LogP contribution in [0.15, 0.2) is 10.7 Å². The van der Waals surface area contributed by atoms with Gasteiger partial charge in [0.2, 0.25) is 0 Å². The second-order valence-corrected chi connectivity index (χ2v) is 3.68. The van der Waals surface area contributed by atoms with Gasteiger partial charge in [0.15, 0.2) is 17.3 Å². The lowest BCUT2D eigenvalue weighted by Crippen LogP contribution is -2.16. The minimum absolute atomic E-state index is 0.0186. The fourth-order valence-electron chi connectivity index (χ4n) is 0.790. The van der Waals surface area contributed by atoms with E-state index >= 15 is 0 Å². The highest BCUT2D eigenvalue weighted by Gasteiger charge is 2.18. The summed E-state index contributed by atoms with van der Waals surface area (Å²) in [6.45, 7) is 0.263. The van der Waals surface area contributed by atoms with Crippen molar-refractivity contribution in [3.8, 4) is 11.5 Å². The quantitative estimate of drug-likeness (QED) is 0.596. The number of fused-ring (bicyclic) bond motifs is 1. The maximum absolute atomic E-state index is 9.19. The van der Waals surface area contributed by atoms with Gasteiger partial charge in [-0.1, -0.05) is 0 Å². The molecule has 1 aromatic rings. The first kappa shape index (κ1) is 7.86. The first-order valence-corrected chi connectivity index (χ1v) is 4.75. The third-order valence-electron chi connectivity index (χ3n) is 1.29. The summed E-state index contributed by atoms with van der Waals surface area (Å²) in [5.74, 6) is 0.795. The minimum Gasteiger partial charge on any atom is -0.513 e. The molecule has 1 aliphatic rings.